The van der Waals surface area contributed by atoms with Crippen molar-refractivity contribution in [1.29, 1.82) is 0 Å². The average Bonchev–Trinajstić information content (AvgIpc) is 2.41. The summed E-state index contributed by atoms with van der Waals surface area (Å²) in [5.74, 6) is -0.266. The summed E-state index contributed by atoms with van der Waals surface area (Å²) in [6, 6.07) is 7.36. The zero-order chi connectivity index (χ0) is 13.4. The van der Waals surface area contributed by atoms with E-state index in [0.29, 0.717) is 5.69 Å². The lowest BCUT2D eigenvalue weighted by Crippen LogP contribution is -2.53. The Hall–Kier alpha value is -1.84. The van der Waals surface area contributed by atoms with Crippen molar-refractivity contribution in [1.82, 2.24) is 0 Å². The highest BCUT2D eigenvalue weighted by Crippen LogP contribution is 2.34. The van der Waals surface area contributed by atoms with Crippen LogP contribution in [0, 0.1) is 12.8 Å². The summed E-state index contributed by atoms with van der Waals surface area (Å²) in [6.45, 7) is 1.97. The molecule has 2 aliphatic rings. The number of carbonyl (C=O) groups excluding carboxylic acids is 2. The van der Waals surface area contributed by atoms with Crippen LogP contribution in [0.5, 0.6) is 0 Å². The van der Waals surface area contributed by atoms with Gasteiger partial charge in [0.25, 0.3) is 0 Å². The standard InChI is InChI=1S/C15H17NO3/c1-10-6-8-11(9-7-10)16-14(17)12-4-2-3-5-13(12)19-15(16)18/h6-9,12-13H,2-5H2,1H3. The first-order chi connectivity index (χ1) is 9.16. The number of amides is 2. The van der Waals surface area contributed by atoms with Gasteiger partial charge in [0.15, 0.2) is 0 Å². The van der Waals surface area contributed by atoms with Gasteiger partial charge in [-0.25, -0.2) is 9.69 Å². The molecule has 2 atom stereocenters. The van der Waals surface area contributed by atoms with Crippen molar-refractivity contribution in [3.8, 4) is 0 Å². The van der Waals surface area contributed by atoms with Gasteiger partial charge >= 0.3 is 6.09 Å². The van der Waals surface area contributed by atoms with Gasteiger partial charge in [-0.05, 0) is 38.3 Å². The number of anilines is 1. The van der Waals surface area contributed by atoms with Gasteiger partial charge in [-0.1, -0.05) is 24.1 Å². The van der Waals surface area contributed by atoms with Crippen LogP contribution in [0.1, 0.15) is 31.2 Å². The maximum Gasteiger partial charge on any atom is 0.421 e. The number of imide groups is 1. The van der Waals surface area contributed by atoms with Gasteiger partial charge < -0.3 is 4.74 Å². The smallest absolute Gasteiger partial charge is 0.421 e. The van der Waals surface area contributed by atoms with Crippen LogP contribution in [-0.4, -0.2) is 18.1 Å². The van der Waals surface area contributed by atoms with E-state index < -0.39 is 6.09 Å². The van der Waals surface area contributed by atoms with Crippen LogP contribution in [0.3, 0.4) is 0 Å². The summed E-state index contributed by atoms with van der Waals surface area (Å²) in [5, 5.41) is 0. The molecule has 1 aliphatic carbocycles. The van der Waals surface area contributed by atoms with Gasteiger partial charge in [-0.3, -0.25) is 4.79 Å². The van der Waals surface area contributed by atoms with E-state index in [1.165, 1.54) is 4.90 Å². The molecule has 1 saturated carbocycles. The quantitative estimate of drug-likeness (QED) is 0.778. The highest BCUT2D eigenvalue weighted by Gasteiger charge is 2.44. The molecule has 0 aromatic heterocycles. The molecule has 4 heteroatoms. The van der Waals surface area contributed by atoms with Gasteiger partial charge in [0.2, 0.25) is 5.91 Å². The summed E-state index contributed by atoms with van der Waals surface area (Å²) in [4.78, 5) is 25.7. The Morgan fingerprint density at radius 2 is 1.79 bits per heavy atom. The Bertz CT molecular complexity index is 509. The number of nitrogens with zero attached hydrogens (tertiary/aromatic N) is 1. The number of benzene rings is 1. The molecule has 1 aromatic carbocycles. The van der Waals surface area contributed by atoms with Crippen molar-refractivity contribution >= 4 is 17.7 Å². The Morgan fingerprint density at radius 3 is 2.53 bits per heavy atom. The number of hydrogen-bond acceptors (Lipinski definition) is 3. The molecule has 2 fully saturated rings. The number of aryl methyl sites for hydroxylation is 1. The third-order valence-electron chi connectivity index (χ3n) is 3.97. The average molecular weight is 259 g/mol. The topological polar surface area (TPSA) is 46.6 Å². The molecule has 1 aromatic rings. The lowest BCUT2D eigenvalue weighted by atomic mass is 9.84. The van der Waals surface area contributed by atoms with Crippen molar-refractivity contribution < 1.29 is 14.3 Å². The second-order valence-corrected chi connectivity index (χ2v) is 5.32. The number of fused-ring (bicyclic) bond motifs is 1. The molecule has 1 aliphatic heterocycles. The number of ether oxygens (including phenoxy) is 1. The summed E-state index contributed by atoms with van der Waals surface area (Å²) in [7, 11) is 0. The molecule has 100 valence electrons. The molecular weight excluding hydrogens is 242 g/mol. The summed E-state index contributed by atoms with van der Waals surface area (Å²) >= 11 is 0. The van der Waals surface area contributed by atoms with Crippen LogP contribution in [0.2, 0.25) is 0 Å². The van der Waals surface area contributed by atoms with Crippen molar-refractivity contribution in [2.75, 3.05) is 4.90 Å². The normalized spacial score (nSPS) is 26.9. The SMILES string of the molecule is Cc1ccc(N2C(=O)OC3CCCCC3C2=O)cc1. The second-order valence-electron chi connectivity index (χ2n) is 5.32. The third kappa shape index (κ3) is 2.11. The zero-order valence-electron chi connectivity index (χ0n) is 11.0. The molecule has 0 spiro atoms. The minimum Gasteiger partial charge on any atom is -0.445 e. The molecule has 3 rings (SSSR count). The molecule has 19 heavy (non-hydrogen) atoms. The predicted molar refractivity (Wildman–Crippen MR) is 70.9 cm³/mol. The lowest BCUT2D eigenvalue weighted by molar-refractivity contribution is -0.130. The van der Waals surface area contributed by atoms with E-state index in [1.807, 2.05) is 19.1 Å². The van der Waals surface area contributed by atoms with Crippen molar-refractivity contribution in [2.24, 2.45) is 5.92 Å². The van der Waals surface area contributed by atoms with Crippen LogP contribution < -0.4 is 4.90 Å². The van der Waals surface area contributed by atoms with Crippen LogP contribution >= 0.6 is 0 Å². The Kier molecular flexibility index (Phi) is 3.01. The fourth-order valence-electron chi connectivity index (χ4n) is 2.88. The van der Waals surface area contributed by atoms with E-state index in [0.717, 1.165) is 31.2 Å². The van der Waals surface area contributed by atoms with Crippen molar-refractivity contribution in [2.45, 2.75) is 38.7 Å². The van der Waals surface area contributed by atoms with Crippen LogP contribution in [0.4, 0.5) is 10.5 Å². The van der Waals surface area contributed by atoms with E-state index in [-0.39, 0.29) is 17.9 Å². The maximum atomic E-state index is 12.5. The molecule has 2 unspecified atom stereocenters. The number of carbonyl (C=O) groups is 2. The van der Waals surface area contributed by atoms with E-state index >= 15 is 0 Å². The van der Waals surface area contributed by atoms with E-state index in [4.69, 9.17) is 4.74 Å². The minimum absolute atomic E-state index is 0.107. The maximum absolute atomic E-state index is 12.5. The predicted octanol–water partition coefficient (Wildman–Crippen LogP) is 3.04. The monoisotopic (exact) mass is 259 g/mol. The fourth-order valence-corrected chi connectivity index (χ4v) is 2.88. The molecule has 1 saturated heterocycles. The first-order valence-electron chi connectivity index (χ1n) is 6.78. The lowest BCUT2D eigenvalue weighted by Gasteiger charge is -2.38. The highest BCUT2D eigenvalue weighted by molar-refractivity contribution is 6.14. The molecule has 0 bridgehead atoms. The number of rotatable bonds is 1. The Balaban J connectivity index is 1.90. The molecule has 0 radical (unpaired) electrons. The molecule has 2 amide bonds. The summed E-state index contributed by atoms with van der Waals surface area (Å²) in [5.41, 5.74) is 1.70. The Labute approximate surface area is 112 Å². The third-order valence-corrected chi connectivity index (χ3v) is 3.97. The minimum atomic E-state index is -0.531. The first kappa shape index (κ1) is 12.2. The van der Waals surface area contributed by atoms with Crippen LogP contribution in [0.15, 0.2) is 24.3 Å². The summed E-state index contributed by atoms with van der Waals surface area (Å²) < 4.78 is 5.42. The van der Waals surface area contributed by atoms with Crippen molar-refractivity contribution in [3.05, 3.63) is 29.8 Å². The van der Waals surface area contributed by atoms with Crippen LogP contribution in [0.25, 0.3) is 0 Å². The fraction of sp³-hybridized carbons (Fsp3) is 0.467. The molecule has 1 heterocycles. The van der Waals surface area contributed by atoms with Crippen LogP contribution in [-0.2, 0) is 9.53 Å². The van der Waals surface area contributed by atoms with Gasteiger partial charge in [0.05, 0.1) is 11.6 Å². The largest absolute Gasteiger partial charge is 0.445 e. The van der Waals surface area contributed by atoms with Gasteiger partial charge in [-0.2, -0.15) is 0 Å². The van der Waals surface area contributed by atoms with Gasteiger partial charge in [0, 0.05) is 0 Å². The van der Waals surface area contributed by atoms with Gasteiger partial charge in [0.1, 0.15) is 6.10 Å². The molecular formula is C15H17NO3. The van der Waals surface area contributed by atoms with E-state index in [9.17, 15) is 9.59 Å². The van der Waals surface area contributed by atoms with Gasteiger partial charge in [-0.15, -0.1) is 0 Å². The molecule has 4 nitrogen and oxygen atoms in total. The zero-order valence-corrected chi connectivity index (χ0v) is 11.0. The highest BCUT2D eigenvalue weighted by atomic mass is 16.6. The first-order valence-corrected chi connectivity index (χ1v) is 6.78. The summed E-state index contributed by atoms with van der Waals surface area (Å²) in [6.07, 6.45) is 2.95. The number of hydrogen-bond donors (Lipinski definition) is 0. The molecule has 0 N–H and O–H groups in total. The van der Waals surface area contributed by atoms with E-state index in [2.05, 4.69) is 0 Å². The Morgan fingerprint density at radius 1 is 1.11 bits per heavy atom. The second kappa shape index (κ2) is 4.68. The van der Waals surface area contributed by atoms with E-state index in [1.54, 1.807) is 12.1 Å². The van der Waals surface area contributed by atoms with Crippen molar-refractivity contribution in [3.63, 3.8) is 0 Å².